The van der Waals surface area contributed by atoms with Crippen LogP contribution in [0.4, 0.5) is 4.39 Å². The number of benzene rings is 1. The molecule has 1 amide bonds. The predicted molar refractivity (Wildman–Crippen MR) is 86.0 cm³/mol. The van der Waals surface area contributed by atoms with E-state index in [2.05, 4.69) is 10.3 Å². The topological polar surface area (TPSA) is 46.4 Å². The first-order chi connectivity index (χ1) is 10.7. The lowest BCUT2D eigenvalue weighted by Crippen LogP contribution is -2.21. The molecule has 4 rings (SSSR count). The Labute approximate surface area is 132 Å². The van der Waals surface area contributed by atoms with Crippen molar-refractivity contribution in [2.24, 2.45) is 0 Å². The molecule has 0 bridgehead atoms. The molecule has 0 aliphatic heterocycles. The highest BCUT2D eigenvalue weighted by Crippen LogP contribution is 2.28. The van der Waals surface area contributed by atoms with E-state index in [1.54, 1.807) is 23.5 Å². The quantitative estimate of drug-likeness (QED) is 0.622. The number of carbonyl (C=O) groups is 1. The summed E-state index contributed by atoms with van der Waals surface area (Å²) in [6.07, 6.45) is 1.94. The van der Waals surface area contributed by atoms with E-state index in [9.17, 15) is 9.18 Å². The van der Waals surface area contributed by atoms with E-state index in [4.69, 9.17) is 0 Å². The third-order valence-corrected chi connectivity index (χ3v) is 5.08. The standard InChI is InChI=1S/C15H10FN3OS2/c16-10-3-1-2-9(6-10)8-17-13(20)12-7-11-14(22-12)18-15-19(11)4-5-21-15/h1-7H,8H2,(H,17,20). The zero-order chi connectivity index (χ0) is 15.1. The predicted octanol–water partition coefficient (Wildman–Crippen LogP) is 3.68. The molecule has 3 heterocycles. The summed E-state index contributed by atoms with van der Waals surface area (Å²) in [6, 6.07) is 8.04. The summed E-state index contributed by atoms with van der Waals surface area (Å²) < 4.78 is 15.1. The van der Waals surface area contributed by atoms with Gasteiger partial charge in [0, 0.05) is 18.1 Å². The molecule has 110 valence electrons. The van der Waals surface area contributed by atoms with Crippen molar-refractivity contribution in [2.45, 2.75) is 6.54 Å². The van der Waals surface area contributed by atoms with Gasteiger partial charge in [0.2, 0.25) is 0 Å². The van der Waals surface area contributed by atoms with Gasteiger partial charge in [-0.25, -0.2) is 9.37 Å². The number of hydrogen-bond donors (Lipinski definition) is 1. The van der Waals surface area contributed by atoms with Crippen LogP contribution >= 0.6 is 22.7 Å². The molecule has 3 aromatic heterocycles. The molecular weight excluding hydrogens is 321 g/mol. The van der Waals surface area contributed by atoms with Crippen molar-refractivity contribution in [1.29, 1.82) is 0 Å². The highest BCUT2D eigenvalue weighted by molar-refractivity contribution is 7.21. The molecule has 0 aliphatic carbocycles. The molecule has 1 aromatic carbocycles. The zero-order valence-electron chi connectivity index (χ0n) is 11.2. The van der Waals surface area contributed by atoms with Gasteiger partial charge in [-0.15, -0.1) is 22.7 Å². The maximum atomic E-state index is 13.1. The maximum Gasteiger partial charge on any atom is 0.261 e. The van der Waals surface area contributed by atoms with Crippen molar-refractivity contribution in [2.75, 3.05) is 0 Å². The molecule has 22 heavy (non-hydrogen) atoms. The summed E-state index contributed by atoms with van der Waals surface area (Å²) >= 11 is 2.93. The van der Waals surface area contributed by atoms with Crippen molar-refractivity contribution in [3.05, 3.63) is 58.2 Å². The van der Waals surface area contributed by atoms with E-state index >= 15 is 0 Å². The minimum Gasteiger partial charge on any atom is -0.347 e. The molecule has 7 heteroatoms. The minimum absolute atomic E-state index is 0.170. The number of carbonyl (C=O) groups excluding carboxylic acids is 1. The number of hydrogen-bond acceptors (Lipinski definition) is 4. The van der Waals surface area contributed by atoms with E-state index in [1.165, 1.54) is 23.5 Å². The first-order valence-electron chi connectivity index (χ1n) is 6.58. The number of fused-ring (bicyclic) bond motifs is 3. The molecule has 4 nitrogen and oxygen atoms in total. The molecule has 0 fully saturated rings. The Hall–Kier alpha value is -2.25. The van der Waals surface area contributed by atoms with Crippen LogP contribution in [0.5, 0.6) is 0 Å². The summed E-state index contributed by atoms with van der Waals surface area (Å²) in [5.74, 6) is -0.474. The highest BCUT2D eigenvalue weighted by atomic mass is 32.1. The Morgan fingerprint density at radius 1 is 1.36 bits per heavy atom. The van der Waals surface area contributed by atoms with Crippen molar-refractivity contribution in [3.8, 4) is 0 Å². The van der Waals surface area contributed by atoms with E-state index in [-0.39, 0.29) is 11.7 Å². The van der Waals surface area contributed by atoms with Gasteiger partial charge in [-0.3, -0.25) is 9.20 Å². The first kappa shape index (κ1) is 13.4. The smallest absolute Gasteiger partial charge is 0.261 e. The number of nitrogens with one attached hydrogen (secondary N) is 1. The van der Waals surface area contributed by atoms with Crippen molar-refractivity contribution in [1.82, 2.24) is 14.7 Å². The Morgan fingerprint density at radius 3 is 3.14 bits per heavy atom. The summed E-state index contributed by atoms with van der Waals surface area (Å²) in [6.45, 7) is 0.299. The van der Waals surface area contributed by atoms with Crippen LogP contribution in [0.2, 0.25) is 0 Å². The van der Waals surface area contributed by atoms with Gasteiger partial charge in [0.1, 0.15) is 10.6 Å². The van der Waals surface area contributed by atoms with Gasteiger partial charge in [0.15, 0.2) is 4.96 Å². The average molecular weight is 331 g/mol. The van der Waals surface area contributed by atoms with Crippen LogP contribution in [-0.4, -0.2) is 15.3 Å². The normalized spacial score (nSPS) is 11.3. The Kier molecular flexibility index (Phi) is 3.16. The van der Waals surface area contributed by atoms with Crippen LogP contribution in [0, 0.1) is 5.82 Å². The summed E-state index contributed by atoms with van der Waals surface area (Å²) in [5, 5.41) is 4.77. The number of aromatic nitrogens is 2. The van der Waals surface area contributed by atoms with Crippen LogP contribution in [0.25, 0.3) is 15.3 Å². The molecule has 0 atom stereocenters. The lowest BCUT2D eigenvalue weighted by molar-refractivity contribution is 0.0955. The Morgan fingerprint density at radius 2 is 2.27 bits per heavy atom. The fourth-order valence-electron chi connectivity index (χ4n) is 2.28. The third kappa shape index (κ3) is 2.28. The highest BCUT2D eigenvalue weighted by Gasteiger charge is 2.14. The zero-order valence-corrected chi connectivity index (χ0v) is 12.9. The fourth-order valence-corrected chi connectivity index (χ4v) is 3.99. The van der Waals surface area contributed by atoms with Gasteiger partial charge in [-0.1, -0.05) is 12.1 Å². The monoisotopic (exact) mass is 331 g/mol. The second-order valence-electron chi connectivity index (χ2n) is 4.78. The third-order valence-electron chi connectivity index (χ3n) is 3.31. The molecule has 0 unspecified atom stereocenters. The number of thiophene rings is 1. The minimum atomic E-state index is -0.304. The summed E-state index contributed by atoms with van der Waals surface area (Å²) in [5.41, 5.74) is 1.67. The summed E-state index contributed by atoms with van der Waals surface area (Å²) in [4.78, 5) is 19.1. The molecule has 4 aromatic rings. The van der Waals surface area contributed by atoms with Gasteiger partial charge < -0.3 is 5.32 Å². The van der Waals surface area contributed by atoms with Gasteiger partial charge in [0.05, 0.1) is 10.4 Å². The van der Waals surface area contributed by atoms with Crippen molar-refractivity contribution in [3.63, 3.8) is 0 Å². The molecule has 0 saturated heterocycles. The SMILES string of the molecule is O=C(NCc1cccc(F)c1)c1cc2c(nc3sccn32)s1. The van der Waals surface area contributed by atoms with E-state index < -0.39 is 0 Å². The van der Waals surface area contributed by atoms with Crippen LogP contribution < -0.4 is 5.32 Å². The van der Waals surface area contributed by atoms with Crippen molar-refractivity contribution >= 4 is 43.9 Å². The molecular formula is C15H10FN3OS2. The fraction of sp³-hybridized carbons (Fsp3) is 0.0667. The number of imidazole rings is 1. The number of halogens is 1. The van der Waals surface area contributed by atoms with Crippen molar-refractivity contribution < 1.29 is 9.18 Å². The van der Waals surface area contributed by atoms with Gasteiger partial charge in [-0.05, 0) is 23.8 Å². The molecule has 0 radical (unpaired) electrons. The van der Waals surface area contributed by atoms with E-state index in [1.807, 2.05) is 22.0 Å². The largest absolute Gasteiger partial charge is 0.347 e. The lowest BCUT2D eigenvalue weighted by Gasteiger charge is -2.03. The van der Waals surface area contributed by atoms with Crippen LogP contribution in [0.3, 0.4) is 0 Å². The van der Waals surface area contributed by atoms with Gasteiger partial charge in [-0.2, -0.15) is 0 Å². The van der Waals surface area contributed by atoms with Gasteiger partial charge in [0.25, 0.3) is 5.91 Å². The van der Waals surface area contributed by atoms with E-state index in [0.717, 1.165) is 20.9 Å². The number of thiazole rings is 1. The number of amides is 1. The number of rotatable bonds is 3. The molecule has 0 aliphatic rings. The second kappa shape index (κ2) is 5.19. The Bertz CT molecular complexity index is 985. The van der Waals surface area contributed by atoms with Crippen LogP contribution in [0.1, 0.15) is 15.2 Å². The number of nitrogens with zero attached hydrogens (tertiary/aromatic N) is 2. The van der Waals surface area contributed by atoms with Crippen LogP contribution in [0.15, 0.2) is 41.9 Å². The van der Waals surface area contributed by atoms with Gasteiger partial charge >= 0.3 is 0 Å². The summed E-state index contributed by atoms with van der Waals surface area (Å²) in [7, 11) is 0. The Balaban J connectivity index is 1.55. The molecule has 0 saturated carbocycles. The molecule has 1 N–H and O–H groups in total. The maximum absolute atomic E-state index is 13.1. The first-order valence-corrected chi connectivity index (χ1v) is 8.28. The van der Waals surface area contributed by atoms with E-state index in [0.29, 0.717) is 11.4 Å². The average Bonchev–Trinajstić information content (AvgIpc) is 3.16. The second-order valence-corrected chi connectivity index (χ2v) is 6.68. The lowest BCUT2D eigenvalue weighted by atomic mass is 10.2. The van der Waals surface area contributed by atoms with Crippen LogP contribution in [-0.2, 0) is 6.54 Å². The molecule has 0 spiro atoms.